The molecule has 1 fully saturated rings. The van der Waals surface area contributed by atoms with Crippen LogP contribution in [0.2, 0.25) is 0 Å². The summed E-state index contributed by atoms with van der Waals surface area (Å²) >= 11 is 0. The van der Waals surface area contributed by atoms with Gasteiger partial charge in [-0.05, 0) is 25.6 Å². The van der Waals surface area contributed by atoms with E-state index in [4.69, 9.17) is 15.2 Å². The number of nitrogens with zero attached hydrogens (tertiary/aromatic N) is 6. The third kappa shape index (κ3) is 6.12. The number of aliphatic carboxylic acids is 2. The number of carbonyl (C=O) groups excluding carboxylic acids is 1. The van der Waals surface area contributed by atoms with Gasteiger partial charge in [-0.15, -0.1) is 0 Å². The van der Waals surface area contributed by atoms with E-state index in [0.29, 0.717) is 12.2 Å². The van der Waals surface area contributed by atoms with Crippen LogP contribution in [-0.2, 0) is 9.59 Å². The third-order valence-corrected chi connectivity index (χ3v) is 6.15. The summed E-state index contributed by atoms with van der Waals surface area (Å²) in [6, 6.07) is 8.13. The Balaban J connectivity index is 0.000000350. The molecular formula is C23H32N6O5. The molecule has 2 N–H and O–H groups in total. The summed E-state index contributed by atoms with van der Waals surface area (Å²) < 4.78 is 1.76. The molecule has 0 radical (unpaired) electrons. The lowest BCUT2D eigenvalue weighted by Gasteiger charge is -2.34. The van der Waals surface area contributed by atoms with Crippen molar-refractivity contribution in [1.29, 1.82) is 0 Å². The largest absolute Gasteiger partial charge is 0.478 e. The number of hydrogen-bond donors (Lipinski definition) is 2. The molecule has 2 aliphatic rings. The number of para-hydroxylation sites is 2. The van der Waals surface area contributed by atoms with Crippen molar-refractivity contribution in [3.8, 4) is 0 Å². The minimum absolute atomic E-state index is 0.00245. The number of anilines is 1. The predicted octanol–water partition coefficient (Wildman–Crippen LogP) is 1.10. The summed E-state index contributed by atoms with van der Waals surface area (Å²) in [5, 5.41) is 15.6. The fourth-order valence-electron chi connectivity index (χ4n) is 4.12. The van der Waals surface area contributed by atoms with Gasteiger partial charge in [0.25, 0.3) is 0 Å². The second-order valence-corrected chi connectivity index (χ2v) is 8.61. The second-order valence-electron chi connectivity index (χ2n) is 8.61. The minimum atomic E-state index is -1.26. The molecule has 4 rings (SSSR count). The van der Waals surface area contributed by atoms with Crippen LogP contribution < -0.4 is 4.90 Å². The van der Waals surface area contributed by atoms with E-state index >= 15 is 0 Å². The molecule has 0 bridgehead atoms. The number of piperazine rings is 1. The van der Waals surface area contributed by atoms with E-state index in [1.807, 2.05) is 36.2 Å². The number of carboxylic acid groups (broad SMARTS) is 2. The Morgan fingerprint density at radius 1 is 1.03 bits per heavy atom. The van der Waals surface area contributed by atoms with E-state index in [-0.39, 0.29) is 12.1 Å². The molecular weight excluding hydrogens is 440 g/mol. The maximum absolute atomic E-state index is 13.0. The van der Waals surface area contributed by atoms with E-state index in [0.717, 1.165) is 62.7 Å². The number of hydrogen-bond acceptors (Lipinski definition) is 7. The summed E-state index contributed by atoms with van der Waals surface area (Å²) in [6.07, 6.45) is 2.14. The fourth-order valence-corrected chi connectivity index (χ4v) is 4.12. The van der Waals surface area contributed by atoms with Gasteiger partial charge in [-0.3, -0.25) is 0 Å². The topological polar surface area (TPSA) is 122 Å². The van der Waals surface area contributed by atoms with Crippen molar-refractivity contribution in [3.63, 3.8) is 0 Å². The summed E-state index contributed by atoms with van der Waals surface area (Å²) in [5.41, 5.74) is 1.75. The molecule has 1 unspecified atom stereocenters. The molecule has 34 heavy (non-hydrogen) atoms. The highest BCUT2D eigenvalue weighted by Gasteiger charge is 2.32. The molecule has 3 heterocycles. The van der Waals surface area contributed by atoms with Crippen LogP contribution in [0.1, 0.15) is 6.42 Å². The van der Waals surface area contributed by atoms with Gasteiger partial charge < -0.3 is 29.8 Å². The first-order valence-electron chi connectivity index (χ1n) is 11.2. The zero-order valence-electron chi connectivity index (χ0n) is 19.8. The van der Waals surface area contributed by atoms with E-state index in [1.165, 1.54) is 0 Å². The Morgan fingerprint density at radius 3 is 2.26 bits per heavy atom. The van der Waals surface area contributed by atoms with E-state index in [2.05, 4.69) is 28.8 Å². The number of imidazole rings is 1. The van der Waals surface area contributed by atoms with Crippen LogP contribution in [0.25, 0.3) is 11.0 Å². The monoisotopic (exact) mass is 472 g/mol. The van der Waals surface area contributed by atoms with Crippen LogP contribution in [0.15, 0.2) is 36.4 Å². The van der Waals surface area contributed by atoms with Crippen molar-refractivity contribution >= 4 is 35.0 Å². The van der Waals surface area contributed by atoms with Crippen LogP contribution in [0.5, 0.6) is 0 Å². The minimum Gasteiger partial charge on any atom is -0.478 e. The van der Waals surface area contributed by atoms with E-state index in [9.17, 15) is 14.4 Å². The SMILES string of the molecule is CN1CCN(CCC2CN(C)C(=O)n3c(nc4ccccc43)N2C)CC1.O=C(O)/C=C/C(=O)O. The maximum atomic E-state index is 13.0. The van der Waals surface area contributed by atoms with Crippen LogP contribution in [-0.4, -0.2) is 119 Å². The molecule has 1 aromatic carbocycles. The average Bonchev–Trinajstić information content (AvgIpc) is 3.16. The molecule has 2 aromatic rings. The Morgan fingerprint density at radius 2 is 1.65 bits per heavy atom. The van der Waals surface area contributed by atoms with Gasteiger partial charge in [-0.1, -0.05) is 12.1 Å². The molecule has 0 spiro atoms. The quantitative estimate of drug-likeness (QED) is 0.616. The van der Waals surface area contributed by atoms with Crippen LogP contribution in [0.4, 0.5) is 10.7 Å². The normalized spacial score (nSPS) is 19.6. The van der Waals surface area contributed by atoms with Crippen molar-refractivity contribution in [2.45, 2.75) is 12.5 Å². The van der Waals surface area contributed by atoms with Gasteiger partial charge in [0.15, 0.2) is 0 Å². The standard InChI is InChI=1S/C19H28N6O.C4H4O4/c1-21-10-12-24(13-11-21)9-8-15-14-22(2)19(26)25-17-7-5-4-6-16(17)20-18(25)23(15)3;5-3(6)1-2-4(7)8/h4-7,15H,8-14H2,1-3H3;1-2H,(H,5,6)(H,7,8)/b;2-1+. The van der Waals surface area contributed by atoms with Gasteiger partial charge in [0.2, 0.25) is 5.95 Å². The molecule has 1 amide bonds. The Labute approximate surface area is 198 Å². The fraction of sp³-hybridized carbons (Fsp3) is 0.478. The average molecular weight is 473 g/mol. The van der Waals surface area contributed by atoms with E-state index < -0.39 is 11.9 Å². The molecule has 1 atom stereocenters. The molecule has 184 valence electrons. The number of amides is 1. The van der Waals surface area contributed by atoms with Crippen molar-refractivity contribution < 1.29 is 24.6 Å². The lowest BCUT2D eigenvalue weighted by Crippen LogP contribution is -2.47. The smallest absolute Gasteiger partial charge is 0.331 e. The first-order valence-corrected chi connectivity index (χ1v) is 11.2. The van der Waals surface area contributed by atoms with Crippen LogP contribution in [0.3, 0.4) is 0 Å². The van der Waals surface area contributed by atoms with E-state index in [1.54, 1.807) is 4.57 Å². The molecule has 11 heteroatoms. The summed E-state index contributed by atoms with van der Waals surface area (Å²) in [7, 11) is 6.14. The molecule has 0 saturated carbocycles. The van der Waals surface area contributed by atoms with Gasteiger partial charge in [0, 0.05) is 65.5 Å². The number of fused-ring (bicyclic) bond motifs is 3. The second kappa shape index (κ2) is 11.1. The molecule has 0 aliphatic carbocycles. The highest BCUT2D eigenvalue weighted by molar-refractivity contribution is 5.93. The highest BCUT2D eigenvalue weighted by Crippen LogP contribution is 2.27. The number of likely N-dealkylation sites (N-methyl/N-ethyl adjacent to an activating group) is 3. The lowest BCUT2D eigenvalue weighted by atomic mass is 10.1. The molecule has 2 aliphatic heterocycles. The van der Waals surface area contributed by atoms with Crippen molar-refractivity contribution in [3.05, 3.63) is 36.4 Å². The Bertz CT molecular complexity index is 1040. The maximum Gasteiger partial charge on any atom is 0.331 e. The number of benzene rings is 1. The van der Waals surface area contributed by atoms with Gasteiger partial charge in [-0.2, -0.15) is 0 Å². The number of aromatic nitrogens is 2. The summed E-state index contributed by atoms with van der Waals surface area (Å²) in [4.78, 5) is 45.7. The number of carboxylic acids is 2. The predicted molar refractivity (Wildman–Crippen MR) is 128 cm³/mol. The van der Waals surface area contributed by atoms with Gasteiger partial charge in [-0.25, -0.2) is 23.9 Å². The zero-order valence-corrected chi connectivity index (χ0v) is 19.8. The molecule has 1 aromatic heterocycles. The lowest BCUT2D eigenvalue weighted by molar-refractivity contribution is -0.134. The number of carbonyl (C=O) groups is 3. The Kier molecular flexibility index (Phi) is 8.24. The van der Waals surface area contributed by atoms with Gasteiger partial charge >= 0.3 is 18.0 Å². The third-order valence-electron chi connectivity index (χ3n) is 6.15. The Hall–Kier alpha value is -3.44. The van der Waals surface area contributed by atoms with Crippen molar-refractivity contribution in [2.75, 3.05) is 65.3 Å². The first-order chi connectivity index (χ1) is 16.2. The summed E-state index contributed by atoms with van der Waals surface area (Å²) in [5.74, 6) is -1.76. The first kappa shape index (κ1) is 25.2. The number of rotatable bonds is 5. The zero-order chi connectivity index (χ0) is 24.8. The van der Waals surface area contributed by atoms with Gasteiger partial charge in [0.1, 0.15) is 0 Å². The van der Waals surface area contributed by atoms with Crippen LogP contribution >= 0.6 is 0 Å². The van der Waals surface area contributed by atoms with Crippen molar-refractivity contribution in [1.82, 2.24) is 24.3 Å². The van der Waals surface area contributed by atoms with Crippen molar-refractivity contribution in [2.24, 2.45) is 0 Å². The van der Waals surface area contributed by atoms with Gasteiger partial charge in [0.05, 0.1) is 17.1 Å². The van der Waals surface area contributed by atoms with Crippen LogP contribution in [0, 0.1) is 0 Å². The molecule has 1 saturated heterocycles. The molecule has 11 nitrogen and oxygen atoms in total. The summed E-state index contributed by atoms with van der Waals surface area (Å²) in [6.45, 7) is 6.30. The highest BCUT2D eigenvalue weighted by atomic mass is 16.4.